The predicted molar refractivity (Wildman–Crippen MR) is 83.3 cm³/mol. The van der Waals surface area contributed by atoms with E-state index in [0.29, 0.717) is 19.8 Å². The van der Waals surface area contributed by atoms with Gasteiger partial charge in [-0.3, -0.25) is 0 Å². The van der Waals surface area contributed by atoms with Gasteiger partial charge in [-0.25, -0.2) is 0 Å². The minimum Gasteiger partial charge on any atom is -0.497 e. The van der Waals surface area contributed by atoms with Crippen molar-refractivity contribution >= 4 is 0 Å². The number of rotatable bonds is 10. The first-order valence-electron chi connectivity index (χ1n) is 7.24. The Bertz CT molecular complexity index is 411. The molecule has 0 aliphatic carbocycles. The molecular weight excluding hydrogens is 270 g/mol. The lowest BCUT2D eigenvalue weighted by Crippen LogP contribution is -2.26. The summed E-state index contributed by atoms with van der Waals surface area (Å²) in [6.45, 7) is 5.82. The van der Waals surface area contributed by atoms with Gasteiger partial charge >= 0.3 is 0 Å². The molecule has 0 heterocycles. The Balaban J connectivity index is 2.74. The van der Waals surface area contributed by atoms with Crippen LogP contribution in [0.25, 0.3) is 0 Å². The fourth-order valence-electron chi connectivity index (χ4n) is 2.03. The highest BCUT2D eigenvalue weighted by molar-refractivity contribution is 5.42. The van der Waals surface area contributed by atoms with Gasteiger partial charge in [-0.15, -0.1) is 0 Å². The SMILES string of the molecule is CCOCC(C)OCC(NC)c1cc(OC)ccc1OC. The zero-order chi connectivity index (χ0) is 15.7. The Kier molecular flexibility index (Phi) is 8.12. The van der Waals surface area contributed by atoms with Gasteiger partial charge in [0.25, 0.3) is 0 Å². The van der Waals surface area contributed by atoms with Crippen LogP contribution in [0.2, 0.25) is 0 Å². The zero-order valence-electron chi connectivity index (χ0n) is 13.6. The average molecular weight is 297 g/mol. The van der Waals surface area contributed by atoms with E-state index in [4.69, 9.17) is 18.9 Å². The van der Waals surface area contributed by atoms with Crippen LogP contribution in [0.5, 0.6) is 11.5 Å². The molecule has 0 saturated heterocycles. The van der Waals surface area contributed by atoms with Gasteiger partial charge in [0.05, 0.1) is 39.6 Å². The van der Waals surface area contributed by atoms with Crippen molar-refractivity contribution in [3.05, 3.63) is 23.8 Å². The summed E-state index contributed by atoms with van der Waals surface area (Å²) in [6, 6.07) is 5.78. The number of benzene rings is 1. The zero-order valence-corrected chi connectivity index (χ0v) is 13.6. The second-order valence-electron chi connectivity index (χ2n) is 4.75. The maximum absolute atomic E-state index is 5.84. The van der Waals surface area contributed by atoms with Crippen LogP contribution in [-0.4, -0.2) is 47.2 Å². The van der Waals surface area contributed by atoms with Crippen LogP contribution in [0.4, 0.5) is 0 Å². The largest absolute Gasteiger partial charge is 0.497 e. The fourth-order valence-corrected chi connectivity index (χ4v) is 2.03. The predicted octanol–water partition coefficient (Wildman–Crippen LogP) is 2.41. The Morgan fingerprint density at radius 1 is 1.14 bits per heavy atom. The van der Waals surface area contributed by atoms with Gasteiger partial charge in [0.2, 0.25) is 0 Å². The summed E-state index contributed by atoms with van der Waals surface area (Å²) in [5.41, 5.74) is 1.02. The molecule has 0 aliphatic heterocycles. The Morgan fingerprint density at radius 3 is 2.48 bits per heavy atom. The maximum atomic E-state index is 5.84. The topological polar surface area (TPSA) is 49.0 Å². The van der Waals surface area contributed by atoms with Crippen molar-refractivity contribution in [2.75, 3.05) is 41.1 Å². The standard InChI is InChI=1S/C16H27NO4/c1-6-20-10-12(2)21-11-15(17-3)14-9-13(18-4)7-8-16(14)19-5/h7-9,12,15,17H,6,10-11H2,1-5H3. The highest BCUT2D eigenvalue weighted by Crippen LogP contribution is 2.29. The summed E-state index contributed by atoms with van der Waals surface area (Å²) < 4.78 is 21.9. The van der Waals surface area contributed by atoms with E-state index in [9.17, 15) is 0 Å². The van der Waals surface area contributed by atoms with Gasteiger partial charge in [0.1, 0.15) is 11.5 Å². The van der Waals surface area contributed by atoms with Gasteiger partial charge in [0.15, 0.2) is 0 Å². The smallest absolute Gasteiger partial charge is 0.123 e. The molecule has 1 aromatic rings. The number of hydrogen-bond donors (Lipinski definition) is 1. The lowest BCUT2D eigenvalue weighted by molar-refractivity contribution is -0.0112. The molecular formula is C16H27NO4. The highest BCUT2D eigenvalue weighted by Gasteiger charge is 2.17. The van der Waals surface area contributed by atoms with Gasteiger partial charge in [0, 0.05) is 12.2 Å². The van der Waals surface area contributed by atoms with Crippen LogP contribution >= 0.6 is 0 Å². The summed E-state index contributed by atoms with van der Waals surface area (Å²) in [4.78, 5) is 0. The molecule has 5 nitrogen and oxygen atoms in total. The molecule has 5 heteroatoms. The van der Waals surface area contributed by atoms with E-state index < -0.39 is 0 Å². The van der Waals surface area contributed by atoms with Crippen LogP contribution in [0, 0.1) is 0 Å². The van der Waals surface area contributed by atoms with Crippen molar-refractivity contribution in [1.29, 1.82) is 0 Å². The fraction of sp³-hybridized carbons (Fsp3) is 0.625. The quantitative estimate of drug-likeness (QED) is 0.718. The van der Waals surface area contributed by atoms with E-state index >= 15 is 0 Å². The van der Waals surface area contributed by atoms with Crippen molar-refractivity contribution in [3.63, 3.8) is 0 Å². The average Bonchev–Trinajstić information content (AvgIpc) is 2.53. The molecule has 2 unspecified atom stereocenters. The van der Waals surface area contributed by atoms with E-state index in [1.54, 1.807) is 14.2 Å². The third-order valence-electron chi connectivity index (χ3n) is 3.26. The molecule has 0 radical (unpaired) electrons. The van der Waals surface area contributed by atoms with Gasteiger partial charge in [-0.2, -0.15) is 0 Å². The molecule has 0 amide bonds. The summed E-state index contributed by atoms with van der Waals surface area (Å²) in [6.07, 6.45) is 0.0532. The molecule has 0 spiro atoms. The molecule has 1 N–H and O–H groups in total. The van der Waals surface area contributed by atoms with E-state index in [0.717, 1.165) is 17.1 Å². The Labute approximate surface area is 127 Å². The Morgan fingerprint density at radius 2 is 1.90 bits per heavy atom. The van der Waals surface area contributed by atoms with E-state index in [1.807, 2.05) is 39.1 Å². The number of nitrogens with one attached hydrogen (secondary N) is 1. The number of methoxy groups -OCH3 is 2. The van der Waals surface area contributed by atoms with E-state index in [-0.39, 0.29) is 12.1 Å². The van der Waals surface area contributed by atoms with Gasteiger partial charge < -0.3 is 24.3 Å². The van der Waals surface area contributed by atoms with Crippen molar-refractivity contribution in [2.24, 2.45) is 0 Å². The maximum Gasteiger partial charge on any atom is 0.123 e. The first kappa shape index (κ1) is 17.8. The summed E-state index contributed by atoms with van der Waals surface area (Å²) in [5.74, 6) is 1.62. The molecule has 0 fully saturated rings. The molecule has 0 bridgehead atoms. The number of ether oxygens (including phenoxy) is 4. The molecule has 2 atom stereocenters. The second-order valence-corrected chi connectivity index (χ2v) is 4.75. The first-order chi connectivity index (χ1) is 10.2. The van der Waals surface area contributed by atoms with Crippen molar-refractivity contribution in [3.8, 4) is 11.5 Å². The number of likely N-dealkylation sites (N-methyl/N-ethyl adjacent to an activating group) is 1. The lowest BCUT2D eigenvalue weighted by atomic mass is 10.1. The van der Waals surface area contributed by atoms with Gasteiger partial charge in [-0.05, 0) is 39.1 Å². The minimum atomic E-state index is 0.0270. The third kappa shape index (κ3) is 5.53. The highest BCUT2D eigenvalue weighted by atomic mass is 16.5. The molecule has 0 aromatic heterocycles. The lowest BCUT2D eigenvalue weighted by Gasteiger charge is -2.22. The summed E-state index contributed by atoms with van der Waals surface area (Å²) in [7, 11) is 5.22. The summed E-state index contributed by atoms with van der Waals surface area (Å²) >= 11 is 0. The minimum absolute atomic E-state index is 0.0270. The summed E-state index contributed by atoms with van der Waals surface area (Å²) in [5, 5.41) is 3.25. The first-order valence-corrected chi connectivity index (χ1v) is 7.24. The van der Waals surface area contributed by atoms with Crippen molar-refractivity contribution < 1.29 is 18.9 Å². The van der Waals surface area contributed by atoms with Crippen LogP contribution in [0.1, 0.15) is 25.5 Å². The van der Waals surface area contributed by atoms with Crippen molar-refractivity contribution in [2.45, 2.75) is 26.0 Å². The van der Waals surface area contributed by atoms with Crippen LogP contribution in [0.15, 0.2) is 18.2 Å². The molecule has 0 saturated carbocycles. The second kappa shape index (κ2) is 9.60. The van der Waals surface area contributed by atoms with Crippen LogP contribution < -0.4 is 14.8 Å². The molecule has 1 aromatic carbocycles. The number of hydrogen-bond acceptors (Lipinski definition) is 5. The van der Waals surface area contributed by atoms with Gasteiger partial charge in [-0.1, -0.05) is 0 Å². The Hall–Kier alpha value is -1.30. The normalized spacial score (nSPS) is 13.8. The van der Waals surface area contributed by atoms with Crippen molar-refractivity contribution in [1.82, 2.24) is 5.32 Å². The molecule has 21 heavy (non-hydrogen) atoms. The van der Waals surface area contributed by atoms with Crippen LogP contribution in [-0.2, 0) is 9.47 Å². The monoisotopic (exact) mass is 297 g/mol. The van der Waals surface area contributed by atoms with Crippen LogP contribution in [0.3, 0.4) is 0 Å². The van der Waals surface area contributed by atoms with E-state index in [2.05, 4.69) is 5.32 Å². The third-order valence-corrected chi connectivity index (χ3v) is 3.26. The van der Waals surface area contributed by atoms with E-state index in [1.165, 1.54) is 0 Å². The molecule has 1 rings (SSSR count). The molecule has 120 valence electrons. The molecule has 0 aliphatic rings.